The summed E-state index contributed by atoms with van der Waals surface area (Å²) in [7, 11) is 0. The van der Waals surface area contributed by atoms with Crippen LogP contribution in [0.3, 0.4) is 0 Å². The number of nitrogens with zero attached hydrogens (tertiary/aromatic N) is 2. The summed E-state index contributed by atoms with van der Waals surface area (Å²) in [5, 5.41) is 1.14. The molecule has 0 aliphatic heterocycles. The summed E-state index contributed by atoms with van der Waals surface area (Å²) < 4.78 is 5.91. The third kappa shape index (κ3) is 1.11. The monoisotopic (exact) mass is 246 g/mol. The maximum Gasteiger partial charge on any atom is 0.231 e. The smallest absolute Gasteiger partial charge is 0.231 e. The van der Waals surface area contributed by atoms with E-state index in [2.05, 4.69) is 25.9 Å². The summed E-state index contributed by atoms with van der Waals surface area (Å²) >= 11 is 9.15. The first-order valence-electron chi connectivity index (χ1n) is 3.25. The number of hydrogen-bond acceptors (Lipinski definition) is 3. The van der Waals surface area contributed by atoms with Gasteiger partial charge in [-0.05, 0) is 22.9 Å². The Labute approximate surface area is 81.9 Å². The molecule has 0 aliphatic rings. The molecule has 0 saturated carbocycles. The number of hydrogen-bond donors (Lipinski definition) is 0. The van der Waals surface area contributed by atoms with Crippen LogP contribution in [-0.4, -0.2) is 9.97 Å². The molecule has 0 bridgehead atoms. The van der Waals surface area contributed by atoms with E-state index in [-0.39, 0.29) is 0 Å². The van der Waals surface area contributed by atoms with E-state index in [0.29, 0.717) is 16.7 Å². The van der Waals surface area contributed by atoms with Crippen LogP contribution in [0.5, 0.6) is 0 Å². The highest BCUT2D eigenvalue weighted by molar-refractivity contribution is 9.10. The molecule has 0 N–H and O–H groups in total. The second kappa shape index (κ2) is 2.71. The van der Waals surface area contributed by atoms with Gasteiger partial charge in [0.25, 0.3) is 0 Å². The zero-order chi connectivity index (χ0) is 8.72. The van der Waals surface area contributed by atoms with Crippen LogP contribution in [0, 0.1) is 6.92 Å². The molecule has 2 aromatic heterocycles. The number of rotatable bonds is 0. The van der Waals surface area contributed by atoms with Gasteiger partial charge in [0.1, 0.15) is 17.2 Å². The van der Waals surface area contributed by atoms with Crippen LogP contribution in [-0.2, 0) is 0 Å². The van der Waals surface area contributed by atoms with Gasteiger partial charge in [-0.3, -0.25) is 0 Å². The van der Waals surface area contributed by atoms with E-state index >= 15 is 0 Å². The number of aryl methyl sites for hydroxylation is 1. The number of furan rings is 1. The van der Waals surface area contributed by atoms with Crippen LogP contribution in [0.4, 0.5) is 0 Å². The lowest BCUT2D eigenvalue weighted by Gasteiger charge is -1.93. The van der Waals surface area contributed by atoms with Crippen molar-refractivity contribution in [1.29, 1.82) is 0 Å². The minimum Gasteiger partial charge on any atom is -0.445 e. The van der Waals surface area contributed by atoms with Crippen molar-refractivity contribution in [3.8, 4) is 0 Å². The summed E-state index contributed by atoms with van der Waals surface area (Å²) in [6, 6.07) is 0. The fraction of sp³-hybridized carbons (Fsp3) is 0.143. The number of fused-ring (bicyclic) bond motifs is 1. The predicted molar refractivity (Wildman–Crippen MR) is 49.3 cm³/mol. The van der Waals surface area contributed by atoms with Crippen molar-refractivity contribution in [2.45, 2.75) is 6.92 Å². The quantitative estimate of drug-likeness (QED) is 0.672. The molecule has 5 heteroatoms. The van der Waals surface area contributed by atoms with Crippen LogP contribution in [0.2, 0.25) is 5.15 Å². The van der Waals surface area contributed by atoms with Crippen molar-refractivity contribution in [2.75, 3.05) is 0 Å². The van der Waals surface area contributed by atoms with Gasteiger partial charge in [-0.1, -0.05) is 11.6 Å². The van der Waals surface area contributed by atoms with Gasteiger partial charge in [0.05, 0.1) is 9.86 Å². The molecule has 0 aromatic carbocycles. The Morgan fingerprint density at radius 1 is 1.50 bits per heavy atom. The lowest BCUT2D eigenvalue weighted by atomic mass is 10.4. The van der Waals surface area contributed by atoms with Crippen molar-refractivity contribution in [3.05, 3.63) is 21.7 Å². The summed E-state index contributed by atoms with van der Waals surface area (Å²) in [6.45, 7) is 1.77. The SMILES string of the molecule is Cc1nc(Cl)c2c(Br)coc2n1. The summed E-state index contributed by atoms with van der Waals surface area (Å²) in [4.78, 5) is 8.06. The molecule has 0 spiro atoms. The van der Waals surface area contributed by atoms with Crippen LogP contribution in [0.1, 0.15) is 5.82 Å². The number of aromatic nitrogens is 2. The second-order valence-electron chi connectivity index (χ2n) is 2.33. The molecule has 0 atom stereocenters. The largest absolute Gasteiger partial charge is 0.445 e. The van der Waals surface area contributed by atoms with Gasteiger partial charge in [-0.15, -0.1) is 0 Å². The van der Waals surface area contributed by atoms with Crippen molar-refractivity contribution < 1.29 is 4.42 Å². The third-order valence-electron chi connectivity index (χ3n) is 1.46. The summed E-state index contributed by atoms with van der Waals surface area (Å²) in [5.74, 6) is 0.606. The first-order chi connectivity index (χ1) is 5.68. The van der Waals surface area contributed by atoms with E-state index < -0.39 is 0 Å². The van der Waals surface area contributed by atoms with Crippen LogP contribution in [0.15, 0.2) is 15.2 Å². The van der Waals surface area contributed by atoms with E-state index in [1.54, 1.807) is 13.2 Å². The molecule has 2 rings (SSSR count). The maximum atomic E-state index is 5.87. The standard InChI is InChI=1S/C7H4BrClN2O/c1-3-10-6(9)5-4(8)2-12-7(5)11-3/h2H,1H3. The molecular formula is C7H4BrClN2O. The highest BCUT2D eigenvalue weighted by Crippen LogP contribution is 2.29. The van der Waals surface area contributed by atoms with E-state index in [1.165, 1.54) is 0 Å². The number of halogens is 2. The van der Waals surface area contributed by atoms with Gasteiger partial charge >= 0.3 is 0 Å². The molecule has 0 radical (unpaired) electrons. The Bertz CT molecular complexity index is 440. The molecule has 12 heavy (non-hydrogen) atoms. The van der Waals surface area contributed by atoms with Gasteiger partial charge in [-0.2, -0.15) is 4.98 Å². The highest BCUT2D eigenvalue weighted by atomic mass is 79.9. The highest BCUT2D eigenvalue weighted by Gasteiger charge is 2.10. The lowest BCUT2D eigenvalue weighted by Crippen LogP contribution is -1.87. The lowest BCUT2D eigenvalue weighted by molar-refractivity contribution is 0.599. The molecular weight excluding hydrogens is 243 g/mol. The molecule has 0 fully saturated rings. The zero-order valence-corrected chi connectivity index (χ0v) is 8.48. The fourth-order valence-electron chi connectivity index (χ4n) is 0.967. The van der Waals surface area contributed by atoms with Crippen LogP contribution in [0.25, 0.3) is 11.1 Å². The predicted octanol–water partition coefficient (Wildman–Crippen LogP) is 2.95. The molecule has 0 saturated heterocycles. The van der Waals surface area contributed by atoms with Gasteiger partial charge in [0.15, 0.2) is 0 Å². The van der Waals surface area contributed by atoms with Gasteiger partial charge in [0.2, 0.25) is 5.71 Å². The van der Waals surface area contributed by atoms with Gasteiger partial charge in [0, 0.05) is 0 Å². The minimum atomic E-state index is 0.415. The van der Waals surface area contributed by atoms with Crippen molar-refractivity contribution in [1.82, 2.24) is 9.97 Å². The molecule has 0 amide bonds. The van der Waals surface area contributed by atoms with E-state index in [4.69, 9.17) is 16.0 Å². The first kappa shape index (κ1) is 8.01. The Hall–Kier alpha value is -0.610. The molecule has 62 valence electrons. The van der Waals surface area contributed by atoms with E-state index in [1.807, 2.05) is 0 Å². The molecule has 0 unspecified atom stereocenters. The van der Waals surface area contributed by atoms with E-state index in [9.17, 15) is 0 Å². The van der Waals surface area contributed by atoms with Crippen molar-refractivity contribution in [3.63, 3.8) is 0 Å². The van der Waals surface area contributed by atoms with Crippen LogP contribution >= 0.6 is 27.5 Å². The molecule has 2 aromatic rings. The molecule has 3 nitrogen and oxygen atoms in total. The average Bonchev–Trinajstić information content (AvgIpc) is 2.31. The van der Waals surface area contributed by atoms with E-state index in [0.717, 1.165) is 9.86 Å². The van der Waals surface area contributed by atoms with Crippen LogP contribution < -0.4 is 0 Å². The molecule has 0 aliphatic carbocycles. The summed E-state index contributed by atoms with van der Waals surface area (Å²) in [5.41, 5.74) is 0.513. The third-order valence-corrected chi connectivity index (χ3v) is 2.31. The first-order valence-corrected chi connectivity index (χ1v) is 4.42. The van der Waals surface area contributed by atoms with Gasteiger partial charge < -0.3 is 4.42 Å². The fourth-order valence-corrected chi connectivity index (χ4v) is 1.84. The maximum absolute atomic E-state index is 5.87. The normalized spacial score (nSPS) is 10.9. The Kier molecular flexibility index (Phi) is 1.81. The zero-order valence-electron chi connectivity index (χ0n) is 6.14. The minimum absolute atomic E-state index is 0.415. The second-order valence-corrected chi connectivity index (χ2v) is 3.54. The van der Waals surface area contributed by atoms with Gasteiger partial charge in [-0.25, -0.2) is 4.98 Å². The topological polar surface area (TPSA) is 38.9 Å². The average molecular weight is 247 g/mol. The molecule has 2 heterocycles. The summed E-state index contributed by atoms with van der Waals surface area (Å²) in [6.07, 6.45) is 1.55. The van der Waals surface area contributed by atoms with Crippen molar-refractivity contribution >= 4 is 38.6 Å². The Balaban J connectivity index is 2.93. The Morgan fingerprint density at radius 3 is 3.00 bits per heavy atom. The Morgan fingerprint density at radius 2 is 2.25 bits per heavy atom. The van der Waals surface area contributed by atoms with Crippen molar-refractivity contribution in [2.24, 2.45) is 0 Å².